The Morgan fingerprint density at radius 2 is 1.67 bits per heavy atom. The summed E-state index contributed by atoms with van der Waals surface area (Å²) in [6.07, 6.45) is 0. The van der Waals surface area contributed by atoms with E-state index in [4.69, 9.17) is 0 Å². The summed E-state index contributed by atoms with van der Waals surface area (Å²) in [5.41, 5.74) is 3.12. The fraction of sp³-hybridized carbons (Fsp3) is 0.259. The molecule has 9 heteroatoms. The average molecular weight is 510 g/mol. The van der Waals surface area contributed by atoms with Crippen LogP contribution in [0.4, 0.5) is 10.1 Å². The molecule has 0 saturated carbocycles. The number of carbonyl (C=O) groups excluding carboxylic acids is 2. The molecule has 1 atom stereocenters. The Morgan fingerprint density at radius 3 is 2.28 bits per heavy atom. The van der Waals surface area contributed by atoms with Crippen LogP contribution in [-0.2, 0) is 14.8 Å². The number of hydrogen-bond donors (Lipinski definition) is 1. The smallest absolute Gasteiger partial charge is 0.255 e. The molecule has 0 radical (unpaired) electrons. The van der Waals surface area contributed by atoms with Crippen molar-refractivity contribution in [2.45, 2.75) is 31.7 Å². The molecule has 0 spiro atoms. The molecule has 4 rings (SSSR count). The van der Waals surface area contributed by atoms with Crippen LogP contribution in [0.25, 0.3) is 0 Å². The molecule has 36 heavy (non-hydrogen) atoms. The van der Waals surface area contributed by atoms with Gasteiger partial charge in [-0.1, -0.05) is 43.7 Å². The third-order valence-corrected chi connectivity index (χ3v) is 8.36. The second-order valence-corrected chi connectivity index (χ2v) is 10.6. The lowest BCUT2D eigenvalue weighted by molar-refractivity contribution is -0.117. The van der Waals surface area contributed by atoms with Gasteiger partial charge in [-0.25, -0.2) is 12.8 Å². The van der Waals surface area contributed by atoms with E-state index in [0.29, 0.717) is 29.9 Å². The van der Waals surface area contributed by atoms with E-state index in [2.05, 4.69) is 5.32 Å². The Bertz CT molecular complexity index is 1390. The molecule has 0 aromatic heterocycles. The van der Waals surface area contributed by atoms with Gasteiger partial charge < -0.3 is 10.2 Å². The highest BCUT2D eigenvalue weighted by Gasteiger charge is 2.34. The minimum Gasteiger partial charge on any atom is -0.324 e. The van der Waals surface area contributed by atoms with Crippen molar-refractivity contribution in [3.05, 3.63) is 94.8 Å². The van der Waals surface area contributed by atoms with Gasteiger partial charge in [-0.05, 0) is 55.0 Å². The second-order valence-electron chi connectivity index (χ2n) is 8.64. The number of halogens is 1. The van der Waals surface area contributed by atoms with Gasteiger partial charge in [0.15, 0.2) is 0 Å². The molecule has 2 amide bonds. The minimum atomic E-state index is -3.68. The monoisotopic (exact) mass is 509 g/mol. The molecular weight excluding hydrogens is 481 g/mol. The largest absolute Gasteiger partial charge is 0.324 e. The first-order valence-corrected chi connectivity index (χ1v) is 13.2. The number of aryl methyl sites for hydroxylation is 1. The lowest BCUT2D eigenvalue weighted by atomic mass is 9.94. The van der Waals surface area contributed by atoms with Crippen molar-refractivity contribution in [1.82, 2.24) is 9.21 Å². The predicted molar refractivity (Wildman–Crippen MR) is 136 cm³/mol. The number of nitrogens with zero attached hydrogens (tertiary/aromatic N) is 2. The van der Waals surface area contributed by atoms with Crippen molar-refractivity contribution in [1.29, 1.82) is 0 Å². The first-order valence-electron chi connectivity index (χ1n) is 11.7. The van der Waals surface area contributed by atoms with E-state index >= 15 is 0 Å². The molecule has 1 unspecified atom stereocenters. The summed E-state index contributed by atoms with van der Waals surface area (Å²) in [7, 11) is -3.68. The van der Waals surface area contributed by atoms with Crippen molar-refractivity contribution < 1.29 is 22.4 Å². The number of nitrogens with one attached hydrogen (secondary N) is 1. The van der Waals surface area contributed by atoms with E-state index in [1.54, 1.807) is 32.0 Å². The minimum absolute atomic E-state index is 0.0902. The van der Waals surface area contributed by atoms with Gasteiger partial charge >= 0.3 is 0 Å². The molecule has 1 aliphatic rings. The topological polar surface area (TPSA) is 86.8 Å². The van der Waals surface area contributed by atoms with Crippen LogP contribution in [0, 0.1) is 12.7 Å². The number of sulfonamides is 1. The molecule has 0 bridgehead atoms. The lowest BCUT2D eigenvalue weighted by Crippen LogP contribution is -2.39. The summed E-state index contributed by atoms with van der Waals surface area (Å²) in [5.74, 6) is -1.21. The van der Waals surface area contributed by atoms with Crippen molar-refractivity contribution in [3.63, 3.8) is 0 Å². The van der Waals surface area contributed by atoms with Gasteiger partial charge in [0, 0.05) is 29.9 Å². The van der Waals surface area contributed by atoms with Gasteiger partial charge in [0.25, 0.3) is 5.91 Å². The van der Waals surface area contributed by atoms with E-state index in [0.717, 1.165) is 5.56 Å². The molecule has 7 nitrogen and oxygen atoms in total. The van der Waals surface area contributed by atoms with E-state index in [9.17, 15) is 22.4 Å². The van der Waals surface area contributed by atoms with Crippen molar-refractivity contribution in [2.24, 2.45) is 0 Å². The van der Waals surface area contributed by atoms with Gasteiger partial charge in [0.2, 0.25) is 15.9 Å². The highest BCUT2D eigenvalue weighted by molar-refractivity contribution is 7.89. The Labute approximate surface area is 210 Å². The van der Waals surface area contributed by atoms with Crippen LogP contribution >= 0.6 is 0 Å². The number of fused-ring (bicyclic) bond motifs is 1. The molecule has 1 heterocycles. The highest BCUT2D eigenvalue weighted by Crippen LogP contribution is 2.37. The van der Waals surface area contributed by atoms with Crippen LogP contribution in [0.5, 0.6) is 0 Å². The van der Waals surface area contributed by atoms with E-state index in [-0.39, 0.29) is 22.9 Å². The highest BCUT2D eigenvalue weighted by atomic mass is 32.2. The molecule has 3 aromatic rings. The van der Waals surface area contributed by atoms with Crippen molar-refractivity contribution >= 4 is 27.5 Å². The zero-order valence-electron chi connectivity index (χ0n) is 20.4. The van der Waals surface area contributed by atoms with Crippen LogP contribution in [0.15, 0.2) is 71.6 Å². The van der Waals surface area contributed by atoms with Gasteiger partial charge in [-0.2, -0.15) is 4.31 Å². The molecular formula is C27H28FN3O4S. The lowest BCUT2D eigenvalue weighted by Gasteiger charge is -2.31. The molecule has 3 aromatic carbocycles. The Kier molecular flexibility index (Phi) is 7.23. The number of hydrogen-bond acceptors (Lipinski definition) is 4. The summed E-state index contributed by atoms with van der Waals surface area (Å²) < 4.78 is 40.8. The van der Waals surface area contributed by atoms with Crippen molar-refractivity contribution in [3.8, 4) is 0 Å². The fourth-order valence-corrected chi connectivity index (χ4v) is 5.93. The molecule has 0 saturated heterocycles. The maximum atomic E-state index is 13.8. The summed E-state index contributed by atoms with van der Waals surface area (Å²) >= 11 is 0. The Hall–Kier alpha value is -3.56. The average Bonchev–Trinajstić information content (AvgIpc) is 3.00. The fourth-order valence-electron chi connectivity index (χ4n) is 4.47. The maximum absolute atomic E-state index is 13.8. The number of amides is 2. The Balaban J connectivity index is 1.78. The zero-order chi connectivity index (χ0) is 26.0. The molecule has 0 aliphatic carbocycles. The van der Waals surface area contributed by atoms with E-state index in [1.807, 2.05) is 19.1 Å². The second kappa shape index (κ2) is 10.2. The third-order valence-electron chi connectivity index (χ3n) is 6.29. The van der Waals surface area contributed by atoms with Crippen LogP contribution in [0.2, 0.25) is 0 Å². The molecule has 1 aliphatic heterocycles. The number of benzene rings is 3. The third kappa shape index (κ3) is 4.89. The standard InChI is InChI=1S/C27H28FN3O4S/c1-4-30(5-2)36(34,35)22-13-9-20(10-14-22)27(33)31-17-25(32)29-24-15-6-18(3)16-23(24)26(31)19-7-11-21(28)12-8-19/h6-16,26H,4-5,17H2,1-3H3,(H,29,32). The van der Waals surface area contributed by atoms with E-state index < -0.39 is 27.8 Å². The zero-order valence-corrected chi connectivity index (χ0v) is 21.2. The van der Waals surface area contributed by atoms with Gasteiger partial charge in [-0.15, -0.1) is 0 Å². The van der Waals surface area contributed by atoms with Crippen molar-refractivity contribution in [2.75, 3.05) is 25.0 Å². The van der Waals surface area contributed by atoms with Gasteiger partial charge in [0.05, 0.1) is 10.9 Å². The molecule has 188 valence electrons. The summed E-state index contributed by atoms with van der Waals surface area (Å²) in [4.78, 5) is 28.1. The molecule has 0 fully saturated rings. The SMILES string of the molecule is CCN(CC)S(=O)(=O)c1ccc(C(=O)N2CC(=O)Nc3ccc(C)cc3C2c2ccc(F)cc2)cc1. The normalized spacial score (nSPS) is 15.9. The summed E-state index contributed by atoms with van der Waals surface area (Å²) in [6.45, 7) is 5.88. The van der Waals surface area contributed by atoms with Crippen LogP contribution in [-0.4, -0.2) is 49.1 Å². The Morgan fingerprint density at radius 1 is 1.03 bits per heavy atom. The quantitative estimate of drug-likeness (QED) is 0.535. The summed E-state index contributed by atoms with van der Waals surface area (Å²) in [6, 6.07) is 16.5. The number of anilines is 1. The van der Waals surface area contributed by atoms with Crippen LogP contribution in [0.3, 0.4) is 0 Å². The number of rotatable bonds is 6. The molecule has 1 N–H and O–H groups in total. The first kappa shape index (κ1) is 25.5. The first-order chi connectivity index (χ1) is 17.1. The summed E-state index contributed by atoms with van der Waals surface area (Å²) in [5, 5.41) is 2.86. The van der Waals surface area contributed by atoms with Gasteiger partial charge in [0.1, 0.15) is 12.4 Å². The van der Waals surface area contributed by atoms with Crippen LogP contribution < -0.4 is 5.32 Å². The predicted octanol–water partition coefficient (Wildman–Crippen LogP) is 4.35. The number of carbonyl (C=O) groups is 2. The maximum Gasteiger partial charge on any atom is 0.255 e. The van der Waals surface area contributed by atoms with Gasteiger partial charge in [-0.3, -0.25) is 9.59 Å². The van der Waals surface area contributed by atoms with E-state index in [1.165, 1.54) is 45.6 Å². The van der Waals surface area contributed by atoms with Crippen LogP contribution in [0.1, 0.15) is 46.9 Å².